The third kappa shape index (κ3) is 6.50. The van der Waals surface area contributed by atoms with E-state index >= 15 is 0 Å². The second-order valence-electron chi connectivity index (χ2n) is 10.1. The number of ether oxygens (including phenoxy) is 1. The lowest BCUT2D eigenvalue weighted by atomic mass is 10.1. The second-order valence-corrected chi connectivity index (χ2v) is 12.8. The lowest BCUT2D eigenvalue weighted by Gasteiger charge is -2.15. The van der Waals surface area contributed by atoms with Gasteiger partial charge in [0, 0.05) is 16.9 Å². The number of sulfonamides is 1. The summed E-state index contributed by atoms with van der Waals surface area (Å²) >= 11 is 1.60. The molecule has 10 heteroatoms. The van der Waals surface area contributed by atoms with Crippen LogP contribution in [0, 0.1) is 20.8 Å². The molecule has 42 heavy (non-hydrogen) atoms. The van der Waals surface area contributed by atoms with Crippen LogP contribution < -0.4 is 10.0 Å². The molecule has 1 amide bonds. The van der Waals surface area contributed by atoms with Gasteiger partial charge in [0.15, 0.2) is 6.10 Å². The maximum atomic E-state index is 13.0. The summed E-state index contributed by atoms with van der Waals surface area (Å²) in [5, 5.41) is 3.63. The fraction of sp³-hybridized carbons (Fsp3) is 0.156. The molecule has 1 atom stereocenters. The van der Waals surface area contributed by atoms with Crippen molar-refractivity contribution in [1.82, 2.24) is 4.98 Å². The van der Waals surface area contributed by atoms with Crippen molar-refractivity contribution in [2.24, 2.45) is 0 Å². The lowest BCUT2D eigenvalue weighted by Crippen LogP contribution is -2.30. The minimum Gasteiger partial charge on any atom is -0.449 e. The molecule has 4 aromatic carbocycles. The summed E-state index contributed by atoms with van der Waals surface area (Å²) in [6, 6.07) is 24.5. The second kappa shape index (κ2) is 11.8. The maximum Gasteiger partial charge on any atom is 0.339 e. The predicted molar refractivity (Wildman–Crippen MR) is 166 cm³/mol. The zero-order valence-corrected chi connectivity index (χ0v) is 25.1. The van der Waals surface area contributed by atoms with E-state index in [2.05, 4.69) is 21.1 Å². The van der Waals surface area contributed by atoms with Crippen molar-refractivity contribution < 1.29 is 22.7 Å². The number of rotatable bonds is 8. The van der Waals surface area contributed by atoms with E-state index < -0.39 is 28.0 Å². The molecule has 0 bridgehead atoms. The molecule has 0 aliphatic heterocycles. The summed E-state index contributed by atoms with van der Waals surface area (Å²) in [6.07, 6.45) is -1.13. The molecule has 0 saturated carbocycles. The van der Waals surface area contributed by atoms with Crippen molar-refractivity contribution in [2.45, 2.75) is 38.7 Å². The number of hydrogen-bond acceptors (Lipinski definition) is 7. The van der Waals surface area contributed by atoms with Crippen molar-refractivity contribution in [2.75, 3.05) is 10.0 Å². The number of aromatic nitrogens is 1. The molecule has 214 valence electrons. The third-order valence-electron chi connectivity index (χ3n) is 6.61. The molecule has 0 spiro atoms. The van der Waals surface area contributed by atoms with Gasteiger partial charge in [0.05, 0.1) is 20.7 Å². The lowest BCUT2D eigenvalue weighted by molar-refractivity contribution is -0.123. The number of anilines is 2. The van der Waals surface area contributed by atoms with Crippen LogP contribution in [0.15, 0.2) is 89.8 Å². The predicted octanol–water partition coefficient (Wildman–Crippen LogP) is 6.87. The highest BCUT2D eigenvalue weighted by molar-refractivity contribution is 7.92. The summed E-state index contributed by atoms with van der Waals surface area (Å²) < 4.78 is 35.0. The first kappa shape index (κ1) is 29.0. The number of fused-ring (bicyclic) bond motifs is 1. The number of carbonyl (C=O) groups is 2. The van der Waals surface area contributed by atoms with Crippen LogP contribution in [-0.2, 0) is 19.6 Å². The highest BCUT2D eigenvalue weighted by atomic mass is 32.2. The molecule has 8 nitrogen and oxygen atoms in total. The minimum absolute atomic E-state index is 0.0529. The van der Waals surface area contributed by atoms with Crippen molar-refractivity contribution in [3.05, 3.63) is 107 Å². The monoisotopic (exact) mass is 599 g/mol. The normalized spacial score (nSPS) is 12.1. The van der Waals surface area contributed by atoms with E-state index in [9.17, 15) is 18.0 Å². The largest absolute Gasteiger partial charge is 0.449 e. The number of hydrogen-bond donors (Lipinski definition) is 2. The summed E-state index contributed by atoms with van der Waals surface area (Å²) in [6.45, 7) is 7.03. The third-order valence-corrected chi connectivity index (χ3v) is 9.05. The number of nitrogens with zero attached hydrogens (tertiary/aromatic N) is 1. The molecule has 5 aromatic rings. The number of thiazole rings is 1. The molecule has 0 aliphatic carbocycles. The Morgan fingerprint density at radius 3 is 2.33 bits per heavy atom. The van der Waals surface area contributed by atoms with Crippen molar-refractivity contribution in [3.8, 4) is 10.6 Å². The minimum atomic E-state index is -3.96. The Hall–Kier alpha value is -4.54. The summed E-state index contributed by atoms with van der Waals surface area (Å²) in [4.78, 5) is 30.4. The quantitative estimate of drug-likeness (QED) is 0.188. The zero-order valence-electron chi connectivity index (χ0n) is 23.5. The molecule has 0 fully saturated rings. The van der Waals surface area contributed by atoms with Crippen LogP contribution in [-0.4, -0.2) is 31.4 Å². The van der Waals surface area contributed by atoms with Gasteiger partial charge in [0.25, 0.3) is 15.9 Å². The number of benzene rings is 4. The number of aryl methyl sites for hydroxylation is 3. The molecule has 0 aliphatic rings. The summed E-state index contributed by atoms with van der Waals surface area (Å²) in [5.74, 6) is -1.32. The SMILES string of the molecule is Cc1cccc(NS(=O)(=O)c2ccc(C)c(C(=O)O[C@@H](C)C(=O)Nc3ccc(-c4nc5ccc(C)cc5s4)cc3)c2)c1. The molecule has 0 unspecified atom stereocenters. The van der Waals surface area contributed by atoms with E-state index in [1.807, 2.05) is 44.2 Å². The Bertz CT molecular complexity index is 1910. The maximum absolute atomic E-state index is 13.0. The molecule has 1 heterocycles. The molecule has 2 N–H and O–H groups in total. The van der Waals surface area contributed by atoms with Crippen molar-refractivity contribution >= 4 is 54.8 Å². The van der Waals surface area contributed by atoms with E-state index in [1.54, 1.807) is 48.6 Å². The van der Waals surface area contributed by atoms with Crippen LogP contribution in [0.5, 0.6) is 0 Å². The van der Waals surface area contributed by atoms with Gasteiger partial charge in [-0.3, -0.25) is 9.52 Å². The van der Waals surface area contributed by atoms with Gasteiger partial charge in [-0.25, -0.2) is 18.2 Å². The van der Waals surface area contributed by atoms with Gasteiger partial charge >= 0.3 is 5.97 Å². The van der Waals surface area contributed by atoms with Crippen LogP contribution in [0.25, 0.3) is 20.8 Å². The Morgan fingerprint density at radius 1 is 0.857 bits per heavy atom. The van der Waals surface area contributed by atoms with Gasteiger partial charge in [-0.2, -0.15) is 0 Å². The molecule has 0 radical (unpaired) electrons. The van der Waals surface area contributed by atoms with E-state index in [-0.39, 0.29) is 10.5 Å². The van der Waals surface area contributed by atoms with Gasteiger partial charge in [-0.15, -0.1) is 11.3 Å². The molecule has 0 saturated heterocycles. The molecular weight excluding hydrogens is 571 g/mol. The average molecular weight is 600 g/mol. The first-order valence-corrected chi connectivity index (χ1v) is 15.5. The topological polar surface area (TPSA) is 114 Å². The van der Waals surface area contributed by atoms with Gasteiger partial charge in [-0.1, -0.05) is 24.3 Å². The fourth-order valence-corrected chi connectivity index (χ4v) is 6.43. The van der Waals surface area contributed by atoms with E-state index in [1.165, 1.54) is 30.7 Å². The molecular formula is C32H29N3O5S2. The number of amides is 1. The van der Waals surface area contributed by atoms with Crippen molar-refractivity contribution in [1.29, 1.82) is 0 Å². The summed E-state index contributed by atoms with van der Waals surface area (Å²) in [7, 11) is -3.96. The Labute approximate surface area is 248 Å². The van der Waals surface area contributed by atoms with E-state index in [0.29, 0.717) is 16.9 Å². The van der Waals surface area contributed by atoms with Crippen molar-refractivity contribution in [3.63, 3.8) is 0 Å². The highest BCUT2D eigenvalue weighted by Crippen LogP contribution is 2.31. The average Bonchev–Trinajstić information content (AvgIpc) is 3.36. The number of nitrogens with one attached hydrogen (secondary N) is 2. The number of carbonyl (C=O) groups excluding carboxylic acids is 2. The zero-order chi connectivity index (χ0) is 30.0. The smallest absolute Gasteiger partial charge is 0.339 e. The van der Waals surface area contributed by atoms with Crippen LogP contribution in [0.1, 0.15) is 34.0 Å². The molecule has 1 aromatic heterocycles. The first-order valence-electron chi connectivity index (χ1n) is 13.2. The van der Waals surface area contributed by atoms with Gasteiger partial charge in [0.1, 0.15) is 5.01 Å². The molecule has 5 rings (SSSR count). The highest BCUT2D eigenvalue weighted by Gasteiger charge is 2.23. The standard InChI is InChI=1S/C32H29N3O5S2/c1-19-6-5-7-25(16-19)35-42(38,39)26-14-9-21(3)27(18-26)32(37)40-22(4)30(36)33-24-12-10-23(11-13-24)31-34-28-15-8-20(2)17-29(28)41-31/h5-18,22,35H,1-4H3,(H,33,36)/t22-/m0/s1. The van der Waals surface area contributed by atoms with Crippen LogP contribution in [0.4, 0.5) is 11.4 Å². The Morgan fingerprint density at radius 2 is 1.60 bits per heavy atom. The Kier molecular flexibility index (Phi) is 8.11. The Balaban J connectivity index is 1.24. The summed E-state index contributed by atoms with van der Waals surface area (Å²) in [5.41, 5.74) is 5.45. The number of esters is 1. The van der Waals surface area contributed by atoms with E-state index in [0.717, 1.165) is 26.4 Å². The first-order chi connectivity index (χ1) is 20.0. The van der Waals surface area contributed by atoms with Gasteiger partial charge in [0.2, 0.25) is 0 Å². The van der Waals surface area contributed by atoms with Crippen LogP contribution >= 0.6 is 11.3 Å². The fourth-order valence-electron chi connectivity index (χ4n) is 4.28. The van der Waals surface area contributed by atoms with Gasteiger partial charge < -0.3 is 10.1 Å². The van der Waals surface area contributed by atoms with Crippen LogP contribution in [0.3, 0.4) is 0 Å². The van der Waals surface area contributed by atoms with E-state index in [4.69, 9.17) is 4.74 Å². The van der Waals surface area contributed by atoms with Crippen LogP contribution in [0.2, 0.25) is 0 Å². The van der Waals surface area contributed by atoms with Gasteiger partial charge in [-0.05, 0) is 105 Å².